The molecular formula is C47H85NO5. The van der Waals surface area contributed by atoms with E-state index in [1.807, 2.05) is 0 Å². The third-order valence-corrected chi connectivity index (χ3v) is 10.7. The first-order chi connectivity index (χ1) is 26.0. The number of carbonyl (C=O) groups excluding carboxylic acids is 2. The highest BCUT2D eigenvalue weighted by atomic mass is 16.5. The van der Waals surface area contributed by atoms with Crippen LogP contribution in [0.25, 0.3) is 0 Å². The molecule has 0 heterocycles. The van der Waals surface area contributed by atoms with E-state index < -0.39 is 0 Å². The molecule has 6 nitrogen and oxygen atoms in total. The van der Waals surface area contributed by atoms with Crippen LogP contribution in [0.4, 0.5) is 0 Å². The summed E-state index contributed by atoms with van der Waals surface area (Å²) in [5, 5.41) is 9.57. The number of carbonyl (C=O) groups is 2. The summed E-state index contributed by atoms with van der Waals surface area (Å²) in [5.41, 5.74) is 2.42. The van der Waals surface area contributed by atoms with Crippen molar-refractivity contribution in [3.05, 3.63) is 35.4 Å². The lowest BCUT2D eigenvalue weighted by molar-refractivity contribution is -0.150. The number of unbranched alkanes of at least 4 members (excludes halogenated alkanes) is 20. The average Bonchev–Trinajstić information content (AvgIpc) is 3.16. The van der Waals surface area contributed by atoms with Crippen LogP contribution < -0.4 is 0 Å². The van der Waals surface area contributed by atoms with Gasteiger partial charge in [0.2, 0.25) is 0 Å². The minimum atomic E-state index is -0.108. The Hall–Kier alpha value is -1.92. The first-order valence-corrected chi connectivity index (χ1v) is 22.8. The number of esters is 2. The molecule has 0 saturated heterocycles. The van der Waals surface area contributed by atoms with Crippen LogP contribution in [-0.4, -0.2) is 54.3 Å². The van der Waals surface area contributed by atoms with Gasteiger partial charge in [-0.05, 0) is 88.4 Å². The molecule has 0 unspecified atom stereocenters. The highest BCUT2D eigenvalue weighted by Crippen LogP contribution is 2.19. The number of aliphatic hydroxyl groups is 1. The van der Waals surface area contributed by atoms with Crippen LogP contribution in [0.1, 0.15) is 218 Å². The molecule has 0 spiro atoms. The molecule has 53 heavy (non-hydrogen) atoms. The second-order valence-electron chi connectivity index (χ2n) is 15.8. The van der Waals surface area contributed by atoms with Crippen molar-refractivity contribution in [1.82, 2.24) is 4.90 Å². The Morgan fingerprint density at radius 1 is 0.528 bits per heavy atom. The van der Waals surface area contributed by atoms with Gasteiger partial charge in [0.1, 0.15) is 12.7 Å². The van der Waals surface area contributed by atoms with Crippen molar-refractivity contribution in [2.45, 2.75) is 226 Å². The molecule has 308 valence electrons. The summed E-state index contributed by atoms with van der Waals surface area (Å²) in [6.45, 7) is 10.0. The Morgan fingerprint density at radius 2 is 0.962 bits per heavy atom. The van der Waals surface area contributed by atoms with Gasteiger partial charge < -0.3 is 19.5 Å². The molecule has 1 aromatic carbocycles. The fourth-order valence-corrected chi connectivity index (χ4v) is 7.18. The summed E-state index contributed by atoms with van der Waals surface area (Å²) in [7, 11) is 0. The highest BCUT2D eigenvalue weighted by molar-refractivity contribution is 5.69. The Balaban J connectivity index is 2.14. The van der Waals surface area contributed by atoms with Gasteiger partial charge >= 0.3 is 11.9 Å². The Bertz CT molecular complexity index is 935. The van der Waals surface area contributed by atoms with Crippen molar-refractivity contribution < 1.29 is 24.2 Å². The lowest BCUT2D eigenvalue weighted by Crippen LogP contribution is -2.29. The number of aryl methyl sites for hydroxylation is 1. The SMILES string of the molecule is CCCCCCCCC(CCCCCCCC)OC(=O)CCCCCCCN(CCO)CCCCCCC(=O)OCc1ccc(CCCCCC)cc1. The third kappa shape index (κ3) is 31.0. The van der Waals surface area contributed by atoms with E-state index in [2.05, 4.69) is 49.9 Å². The summed E-state index contributed by atoms with van der Waals surface area (Å²) in [4.78, 5) is 27.3. The molecule has 0 fully saturated rings. The van der Waals surface area contributed by atoms with Gasteiger partial charge in [-0.2, -0.15) is 0 Å². The topological polar surface area (TPSA) is 76.1 Å². The Labute approximate surface area is 327 Å². The van der Waals surface area contributed by atoms with Crippen LogP contribution in [0, 0.1) is 0 Å². The normalized spacial score (nSPS) is 11.5. The third-order valence-electron chi connectivity index (χ3n) is 10.7. The van der Waals surface area contributed by atoms with Gasteiger partial charge in [0, 0.05) is 19.4 Å². The van der Waals surface area contributed by atoms with Gasteiger partial charge in [0.05, 0.1) is 6.61 Å². The molecule has 0 aliphatic heterocycles. The van der Waals surface area contributed by atoms with Gasteiger partial charge in [0.25, 0.3) is 0 Å². The minimum Gasteiger partial charge on any atom is -0.462 e. The lowest BCUT2D eigenvalue weighted by Gasteiger charge is -2.21. The maximum atomic E-state index is 12.7. The molecule has 0 aromatic heterocycles. The van der Waals surface area contributed by atoms with Crippen molar-refractivity contribution in [2.24, 2.45) is 0 Å². The minimum absolute atomic E-state index is 0.00639. The summed E-state index contributed by atoms with van der Waals surface area (Å²) < 4.78 is 11.5. The zero-order valence-electron chi connectivity index (χ0n) is 35.2. The molecule has 0 bridgehead atoms. The molecule has 1 aromatic rings. The van der Waals surface area contributed by atoms with Gasteiger partial charge in [-0.3, -0.25) is 9.59 Å². The van der Waals surface area contributed by atoms with E-state index >= 15 is 0 Å². The zero-order valence-corrected chi connectivity index (χ0v) is 35.2. The standard InChI is InChI=1S/C47H85NO5/c1-4-7-10-13-16-23-30-45(31-24-17-14-11-8-5-2)53-47(51)33-26-18-15-20-27-38-48(40-41-49)39-28-21-19-25-32-46(50)52-42-44-36-34-43(35-37-44)29-22-12-9-6-3/h34-37,45,49H,4-33,38-42H2,1-3H3. The van der Waals surface area contributed by atoms with E-state index in [1.54, 1.807) is 0 Å². The second kappa shape index (κ2) is 37.0. The van der Waals surface area contributed by atoms with Crippen molar-refractivity contribution in [3.63, 3.8) is 0 Å². The van der Waals surface area contributed by atoms with Crippen LogP contribution in [0.2, 0.25) is 0 Å². The fourth-order valence-electron chi connectivity index (χ4n) is 7.18. The highest BCUT2D eigenvalue weighted by Gasteiger charge is 2.14. The number of ether oxygens (including phenoxy) is 2. The van der Waals surface area contributed by atoms with Crippen LogP contribution in [0.15, 0.2) is 24.3 Å². The molecular weight excluding hydrogens is 659 g/mol. The fraction of sp³-hybridized carbons (Fsp3) is 0.830. The Kier molecular flexibility index (Phi) is 34.3. The molecule has 6 heteroatoms. The Morgan fingerprint density at radius 3 is 1.49 bits per heavy atom. The van der Waals surface area contributed by atoms with Gasteiger partial charge in [0.15, 0.2) is 0 Å². The lowest BCUT2D eigenvalue weighted by atomic mass is 10.0. The van der Waals surface area contributed by atoms with E-state index in [4.69, 9.17) is 9.47 Å². The molecule has 0 aliphatic rings. The summed E-state index contributed by atoms with van der Waals surface area (Å²) in [6.07, 6.45) is 34.2. The number of nitrogens with zero attached hydrogens (tertiary/aromatic N) is 1. The van der Waals surface area contributed by atoms with Crippen LogP contribution in [0.5, 0.6) is 0 Å². The molecule has 1 N–H and O–H groups in total. The quantitative estimate of drug-likeness (QED) is 0.0534. The predicted molar refractivity (Wildman–Crippen MR) is 224 cm³/mol. The number of benzene rings is 1. The van der Waals surface area contributed by atoms with Crippen LogP contribution in [0.3, 0.4) is 0 Å². The molecule has 1 rings (SSSR count). The molecule has 0 amide bonds. The smallest absolute Gasteiger partial charge is 0.306 e. The summed E-state index contributed by atoms with van der Waals surface area (Å²) in [5.74, 6) is -0.101. The van der Waals surface area contributed by atoms with E-state index in [0.29, 0.717) is 19.4 Å². The van der Waals surface area contributed by atoms with E-state index in [0.717, 1.165) is 102 Å². The number of hydrogen-bond donors (Lipinski definition) is 1. The van der Waals surface area contributed by atoms with Gasteiger partial charge in [-0.1, -0.05) is 161 Å². The van der Waals surface area contributed by atoms with E-state index in [1.165, 1.54) is 108 Å². The molecule has 0 saturated carbocycles. The first kappa shape index (κ1) is 49.1. The summed E-state index contributed by atoms with van der Waals surface area (Å²) >= 11 is 0. The monoisotopic (exact) mass is 744 g/mol. The van der Waals surface area contributed by atoms with Crippen molar-refractivity contribution in [2.75, 3.05) is 26.2 Å². The maximum absolute atomic E-state index is 12.7. The van der Waals surface area contributed by atoms with E-state index in [9.17, 15) is 14.7 Å². The largest absolute Gasteiger partial charge is 0.462 e. The molecule has 0 radical (unpaired) electrons. The number of hydrogen-bond acceptors (Lipinski definition) is 6. The molecule has 0 atom stereocenters. The second-order valence-corrected chi connectivity index (χ2v) is 15.8. The van der Waals surface area contributed by atoms with Crippen LogP contribution in [-0.2, 0) is 32.1 Å². The van der Waals surface area contributed by atoms with Crippen molar-refractivity contribution in [3.8, 4) is 0 Å². The molecule has 0 aliphatic carbocycles. The van der Waals surface area contributed by atoms with Gasteiger partial charge in [-0.15, -0.1) is 0 Å². The predicted octanol–water partition coefficient (Wildman–Crippen LogP) is 12.9. The number of aliphatic hydroxyl groups excluding tert-OH is 1. The van der Waals surface area contributed by atoms with Gasteiger partial charge in [-0.25, -0.2) is 0 Å². The zero-order chi connectivity index (χ0) is 38.5. The number of rotatable bonds is 39. The van der Waals surface area contributed by atoms with Crippen molar-refractivity contribution >= 4 is 11.9 Å². The average molecular weight is 744 g/mol. The van der Waals surface area contributed by atoms with E-state index in [-0.39, 0.29) is 24.6 Å². The maximum Gasteiger partial charge on any atom is 0.306 e. The first-order valence-electron chi connectivity index (χ1n) is 22.8. The van der Waals surface area contributed by atoms with Crippen LogP contribution >= 0.6 is 0 Å². The summed E-state index contributed by atoms with van der Waals surface area (Å²) in [6, 6.07) is 8.51. The van der Waals surface area contributed by atoms with Crippen molar-refractivity contribution in [1.29, 1.82) is 0 Å².